The summed E-state index contributed by atoms with van der Waals surface area (Å²) in [7, 11) is 0. The van der Waals surface area contributed by atoms with Gasteiger partial charge in [0.05, 0.1) is 0 Å². The SMILES string of the molecule is CC(=O)CC(c1ccccc1)c1ccccc1O. The number of hydrogen-bond acceptors (Lipinski definition) is 2. The summed E-state index contributed by atoms with van der Waals surface area (Å²) in [6.07, 6.45) is 0.404. The highest BCUT2D eigenvalue weighted by Gasteiger charge is 2.18. The first-order valence-electron chi connectivity index (χ1n) is 6.00. The van der Waals surface area contributed by atoms with Crippen molar-refractivity contribution in [2.75, 3.05) is 0 Å². The molecule has 0 spiro atoms. The van der Waals surface area contributed by atoms with Crippen LogP contribution in [-0.2, 0) is 4.79 Å². The minimum atomic E-state index is -0.0788. The molecular weight excluding hydrogens is 224 g/mol. The third kappa shape index (κ3) is 2.77. The van der Waals surface area contributed by atoms with Crippen LogP contribution >= 0.6 is 0 Å². The van der Waals surface area contributed by atoms with Gasteiger partial charge in [0.2, 0.25) is 0 Å². The van der Waals surface area contributed by atoms with E-state index in [-0.39, 0.29) is 17.5 Å². The number of Topliss-reactive ketones (excluding diaryl/α,β-unsaturated/α-hetero) is 1. The predicted molar refractivity (Wildman–Crippen MR) is 71.7 cm³/mol. The van der Waals surface area contributed by atoms with E-state index in [4.69, 9.17) is 0 Å². The van der Waals surface area contributed by atoms with Gasteiger partial charge >= 0.3 is 0 Å². The van der Waals surface area contributed by atoms with Gasteiger partial charge in [-0.05, 0) is 18.6 Å². The average molecular weight is 240 g/mol. The molecule has 2 aromatic rings. The Labute approximate surface area is 107 Å². The van der Waals surface area contributed by atoms with Gasteiger partial charge in [0.25, 0.3) is 0 Å². The minimum absolute atomic E-state index is 0.0788. The van der Waals surface area contributed by atoms with Crippen molar-refractivity contribution >= 4 is 5.78 Å². The number of carbonyl (C=O) groups excluding carboxylic acids is 1. The topological polar surface area (TPSA) is 37.3 Å². The molecule has 0 radical (unpaired) electrons. The summed E-state index contributed by atoms with van der Waals surface area (Å²) in [5.41, 5.74) is 1.85. The molecule has 0 amide bonds. The van der Waals surface area contributed by atoms with Crippen molar-refractivity contribution in [1.29, 1.82) is 0 Å². The van der Waals surface area contributed by atoms with Crippen LogP contribution in [0.1, 0.15) is 30.4 Å². The molecule has 0 aromatic heterocycles. The van der Waals surface area contributed by atoms with E-state index >= 15 is 0 Å². The highest BCUT2D eigenvalue weighted by Crippen LogP contribution is 2.33. The molecule has 2 heteroatoms. The molecule has 0 aliphatic carbocycles. The van der Waals surface area contributed by atoms with Crippen LogP contribution in [0.2, 0.25) is 0 Å². The Morgan fingerprint density at radius 1 is 1.06 bits per heavy atom. The molecule has 1 N–H and O–H groups in total. The molecule has 0 saturated heterocycles. The van der Waals surface area contributed by atoms with E-state index in [0.29, 0.717) is 6.42 Å². The predicted octanol–water partition coefficient (Wildman–Crippen LogP) is 3.50. The van der Waals surface area contributed by atoms with Gasteiger partial charge < -0.3 is 5.11 Å². The molecule has 0 saturated carbocycles. The molecule has 1 atom stereocenters. The maximum absolute atomic E-state index is 11.4. The average Bonchev–Trinajstić information content (AvgIpc) is 2.38. The highest BCUT2D eigenvalue weighted by molar-refractivity contribution is 5.77. The van der Waals surface area contributed by atoms with E-state index in [0.717, 1.165) is 11.1 Å². The fraction of sp³-hybridized carbons (Fsp3) is 0.188. The molecule has 18 heavy (non-hydrogen) atoms. The fourth-order valence-electron chi connectivity index (χ4n) is 2.16. The number of rotatable bonds is 4. The molecule has 0 bridgehead atoms. The quantitative estimate of drug-likeness (QED) is 0.888. The summed E-state index contributed by atoms with van der Waals surface area (Å²) in [6.45, 7) is 1.58. The van der Waals surface area contributed by atoms with Crippen LogP contribution in [-0.4, -0.2) is 10.9 Å². The smallest absolute Gasteiger partial charge is 0.130 e. The van der Waals surface area contributed by atoms with E-state index in [2.05, 4.69) is 0 Å². The Morgan fingerprint density at radius 2 is 1.67 bits per heavy atom. The van der Waals surface area contributed by atoms with Gasteiger partial charge in [0, 0.05) is 17.9 Å². The maximum atomic E-state index is 11.4. The molecule has 2 rings (SSSR count). The van der Waals surface area contributed by atoms with Crippen molar-refractivity contribution in [2.45, 2.75) is 19.3 Å². The second-order valence-corrected chi connectivity index (χ2v) is 4.43. The van der Waals surface area contributed by atoms with E-state index in [1.807, 2.05) is 42.5 Å². The zero-order chi connectivity index (χ0) is 13.0. The Kier molecular flexibility index (Phi) is 3.78. The van der Waals surface area contributed by atoms with Crippen LogP contribution in [0.5, 0.6) is 5.75 Å². The van der Waals surface area contributed by atoms with Gasteiger partial charge in [-0.2, -0.15) is 0 Å². The number of phenolic OH excluding ortho intramolecular Hbond substituents is 1. The molecule has 0 heterocycles. The van der Waals surface area contributed by atoms with Gasteiger partial charge in [-0.25, -0.2) is 0 Å². The molecule has 2 aromatic carbocycles. The van der Waals surface area contributed by atoms with Crippen LogP contribution in [0, 0.1) is 0 Å². The number of aromatic hydroxyl groups is 1. The first-order chi connectivity index (χ1) is 8.68. The summed E-state index contributed by atoms with van der Waals surface area (Å²) in [4.78, 5) is 11.4. The molecule has 1 unspecified atom stereocenters. The van der Waals surface area contributed by atoms with Gasteiger partial charge in [0.1, 0.15) is 11.5 Å². The Bertz CT molecular complexity index is 532. The lowest BCUT2D eigenvalue weighted by atomic mass is 9.87. The third-order valence-electron chi connectivity index (χ3n) is 3.01. The summed E-state index contributed by atoms with van der Waals surface area (Å²) < 4.78 is 0. The molecule has 2 nitrogen and oxygen atoms in total. The number of carbonyl (C=O) groups is 1. The van der Waals surface area contributed by atoms with Crippen molar-refractivity contribution in [1.82, 2.24) is 0 Å². The summed E-state index contributed by atoms with van der Waals surface area (Å²) in [5.74, 6) is 0.282. The highest BCUT2D eigenvalue weighted by atomic mass is 16.3. The van der Waals surface area contributed by atoms with E-state index in [9.17, 15) is 9.90 Å². The fourth-order valence-corrected chi connectivity index (χ4v) is 2.16. The summed E-state index contributed by atoms with van der Waals surface area (Å²) in [6, 6.07) is 17.0. The minimum Gasteiger partial charge on any atom is -0.508 e. The van der Waals surface area contributed by atoms with E-state index in [1.54, 1.807) is 19.1 Å². The number of phenols is 1. The lowest BCUT2D eigenvalue weighted by Crippen LogP contribution is -2.06. The second kappa shape index (κ2) is 5.50. The van der Waals surface area contributed by atoms with Crippen molar-refractivity contribution in [3.63, 3.8) is 0 Å². The third-order valence-corrected chi connectivity index (χ3v) is 3.01. The maximum Gasteiger partial charge on any atom is 0.130 e. The standard InChI is InChI=1S/C16H16O2/c1-12(17)11-15(13-7-3-2-4-8-13)14-9-5-6-10-16(14)18/h2-10,15,18H,11H2,1H3. The largest absolute Gasteiger partial charge is 0.508 e. The van der Waals surface area contributed by atoms with E-state index in [1.165, 1.54) is 0 Å². The molecule has 0 fully saturated rings. The molecule has 92 valence electrons. The van der Waals surface area contributed by atoms with Gasteiger partial charge in [-0.1, -0.05) is 48.5 Å². The summed E-state index contributed by atoms with van der Waals surface area (Å²) >= 11 is 0. The zero-order valence-corrected chi connectivity index (χ0v) is 10.3. The normalized spacial score (nSPS) is 12.1. The van der Waals surface area contributed by atoms with Gasteiger partial charge in [0.15, 0.2) is 0 Å². The monoisotopic (exact) mass is 240 g/mol. The molecule has 0 aliphatic rings. The van der Waals surface area contributed by atoms with E-state index < -0.39 is 0 Å². The first-order valence-corrected chi connectivity index (χ1v) is 6.00. The molecule has 0 aliphatic heterocycles. The first kappa shape index (κ1) is 12.4. The number of para-hydroxylation sites is 1. The van der Waals surface area contributed by atoms with Crippen LogP contribution in [0.25, 0.3) is 0 Å². The summed E-state index contributed by atoms with van der Waals surface area (Å²) in [5, 5.41) is 9.94. The van der Waals surface area contributed by atoms with Crippen LogP contribution < -0.4 is 0 Å². The van der Waals surface area contributed by atoms with Gasteiger partial charge in [-0.3, -0.25) is 4.79 Å². The Morgan fingerprint density at radius 3 is 2.28 bits per heavy atom. The number of hydrogen-bond donors (Lipinski definition) is 1. The van der Waals surface area contributed by atoms with Crippen LogP contribution in [0.3, 0.4) is 0 Å². The van der Waals surface area contributed by atoms with Crippen molar-refractivity contribution in [3.05, 3.63) is 65.7 Å². The number of ketones is 1. The van der Waals surface area contributed by atoms with Crippen molar-refractivity contribution < 1.29 is 9.90 Å². The zero-order valence-electron chi connectivity index (χ0n) is 10.3. The number of benzene rings is 2. The lowest BCUT2D eigenvalue weighted by molar-refractivity contribution is -0.117. The Balaban J connectivity index is 2.44. The van der Waals surface area contributed by atoms with Crippen molar-refractivity contribution in [3.8, 4) is 5.75 Å². The van der Waals surface area contributed by atoms with Crippen molar-refractivity contribution in [2.24, 2.45) is 0 Å². The van der Waals surface area contributed by atoms with Crippen LogP contribution in [0.15, 0.2) is 54.6 Å². The molecular formula is C16H16O2. The van der Waals surface area contributed by atoms with Crippen LogP contribution in [0.4, 0.5) is 0 Å². The second-order valence-electron chi connectivity index (χ2n) is 4.43. The Hall–Kier alpha value is -2.09. The lowest BCUT2D eigenvalue weighted by Gasteiger charge is -2.17. The van der Waals surface area contributed by atoms with Gasteiger partial charge in [-0.15, -0.1) is 0 Å².